The van der Waals surface area contributed by atoms with Crippen LogP contribution in [0.5, 0.6) is 0 Å². The summed E-state index contributed by atoms with van der Waals surface area (Å²) in [6, 6.07) is 0. The summed E-state index contributed by atoms with van der Waals surface area (Å²) in [7, 11) is 10.4. The van der Waals surface area contributed by atoms with Crippen LogP contribution >= 0.6 is 21.6 Å². The molecule has 0 aliphatic heterocycles. The Balaban J connectivity index is 3.49. The van der Waals surface area contributed by atoms with Gasteiger partial charge in [-0.1, -0.05) is 170 Å². The second kappa shape index (κ2) is 39.3. The fraction of sp³-hybridized carbons (Fsp3) is 0.953. The van der Waals surface area contributed by atoms with Gasteiger partial charge in [-0.25, -0.2) is 0 Å². The molecule has 0 heterocycles. The van der Waals surface area contributed by atoms with Crippen LogP contribution < -0.4 is 10.6 Å². The maximum absolute atomic E-state index is 12.3. The maximum atomic E-state index is 12.3. The van der Waals surface area contributed by atoms with Gasteiger partial charge in [0.2, 0.25) is 11.8 Å². The molecule has 2 N–H and O–H groups in total. The predicted octanol–water partition coefficient (Wildman–Crippen LogP) is 11.6. The van der Waals surface area contributed by atoms with Gasteiger partial charge in [0.1, 0.15) is 0 Å². The number of nitrogens with zero attached hydrogens (tertiary/aromatic N) is 2. The highest BCUT2D eigenvalue weighted by Crippen LogP contribution is 2.19. The summed E-state index contributed by atoms with van der Waals surface area (Å²) < 4.78 is 1.02. The Hall–Kier alpha value is -0.440. The van der Waals surface area contributed by atoms with E-state index in [1.54, 1.807) is 21.6 Å². The molecule has 6 nitrogen and oxygen atoms in total. The van der Waals surface area contributed by atoms with Crippen molar-refractivity contribution in [3.8, 4) is 0 Å². The van der Waals surface area contributed by atoms with Crippen LogP contribution in [0.3, 0.4) is 0 Å². The van der Waals surface area contributed by atoms with Gasteiger partial charge in [0, 0.05) is 43.9 Å². The molecule has 51 heavy (non-hydrogen) atoms. The van der Waals surface area contributed by atoms with Crippen LogP contribution in [-0.4, -0.2) is 93.1 Å². The topological polar surface area (TPSA) is 61.4 Å². The molecule has 0 fully saturated rings. The third-order valence-electron chi connectivity index (χ3n) is 10.2. The summed E-state index contributed by atoms with van der Waals surface area (Å²) in [5, 5.41) is 6.15. The Kier molecular flexibility index (Phi) is 38.9. The Bertz CT molecular complexity index is 756. The Morgan fingerprint density at radius 1 is 0.471 bits per heavy atom. The van der Waals surface area contributed by atoms with E-state index in [9.17, 15) is 9.59 Å². The maximum Gasteiger partial charge on any atom is 0.220 e. The standard InChI is InChI=1S/C43H88N4O2S2/c1-6-8-10-12-14-16-18-20-22-24-26-28-36-46(3)37-30-32-42(48)44-34-40-50-51-41-35-45-43(49)33-31-39-47(4,5)38-29-27-25-23-21-19-17-15-13-11-9-7-2/h6-41H2,1-5H3,(H-,44,45,48,49)/p+1. The van der Waals surface area contributed by atoms with Crippen molar-refractivity contribution in [2.75, 3.05) is 71.9 Å². The first-order chi connectivity index (χ1) is 24.8. The van der Waals surface area contributed by atoms with E-state index in [0.717, 1.165) is 48.5 Å². The SMILES string of the molecule is CCCCCCCCCCCCCCN(C)CCCC(=O)NCCSSCCNC(=O)CCC[N+](C)(C)CCCCCCCCCCCCCC. The summed E-state index contributed by atoms with van der Waals surface area (Å²) in [4.78, 5) is 26.9. The second-order valence-electron chi connectivity index (χ2n) is 16.0. The molecule has 0 aromatic heterocycles. The molecular formula is C43H89N4O2S2+. The van der Waals surface area contributed by atoms with Crippen LogP contribution in [0.15, 0.2) is 0 Å². The minimum Gasteiger partial charge on any atom is -0.355 e. The van der Waals surface area contributed by atoms with Crippen molar-refractivity contribution in [1.82, 2.24) is 15.5 Å². The summed E-state index contributed by atoms with van der Waals surface area (Å²) in [5.41, 5.74) is 0. The molecule has 0 aliphatic rings. The lowest BCUT2D eigenvalue weighted by molar-refractivity contribution is -0.890. The van der Waals surface area contributed by atoms with E-state index in [4.69, 9.17) is 0 Å². The predicted molar refractivity (Wildman–Crippen MR) is 231 cm³/mol. The molecule has 0 aromatic carbocycles. The van der Waals surface area contributed by atoms with Crippen molar-refractivity contribution in [2.45, 2.75) is 194 Å². The number of carbonyl (C=O) groups excluding carboxylic acids is 2. The molecule has 0 aliphatic carbocycles. The molecule has 304 valence electrons. The number of nitrogens with one attached hydrogen (secondary N) is 2. The highest BCUT2D eigenvalue weighted by Gasteiger charge is 2.15. The van der Waals surface area contributed by atoms with Gasteiger partial charge in [-0.2, -0.15) is 0 Å². The monoisotopic (exact) mass is 758 g/mol. The smallest absolute Gasteiger partial charge is 0.220 e. The van der Waals surface area contributed by atoms with Gasteiger partial charge < -0.3 is 20.0 Å². The van der Waals surface area contributed by atoms with Crippen LogP contribution in [0.25, 0.3) is 0 Å². The Labute approximate surface area is 327 Å². The van der Waals surface area contributed by atoms with Crippen LogP contribution in [0.4, 0.5) is 0 Å². The van der Waals surface area contributed by atoms with Crippen molar-refractivity contribution in [2.24, 2.45) is 0 Å². The molecule has 8 heteroatoms. The first kappa shape index (κ1) is 50.6. The van der Waals surface area contributed by atoms with Crippen LogP contribution in [0.2, 0.25) is 0 Å². The summed E-state index contributed by atoms with van der Waals surface area (Å²) in [5.74, 6) is 2.15. The van der Waals surface area contributed by atoms with E-state index in [1.165, 1.54) is 161 Å². The van der Waals surface area contributed by atoms with Gasteiger partial charge in [-0.3, -0.25) is 9.59 Å². The quantitative estimate of drug-likeness (QED) is 0.0369. The first-order valence-corrected chi connectivity index (χ1v) is 24.6. The molecule has 0 bridgehead atoms. The van der Waals surface area contributed by atoms with Gasteiger partial charge >= 0.3 is 0 Å². The van der Waals surface area contributed by atoms with Crippen LogP contribution in [0, 0.1) is 0 Å². The lowest BCUT2D eigenvalue weighted by Crippen LogP contribution is -2.41. The van der Waals surface area contributed by atoms with Crippen molar-refractivity contribution < 1.29 is 14.1 Å². The molecule has 0 spiro atoms. The number of rotatable bonds is 41. The van der Waals surface area contributed by atoms with E-state index < -0.39 is 0 Å². The lowest BCUT2D eigenvalue weighted by atomic mass is 10.1. The minimum atomic E-state index is 0.169. The molecule has 0 atom stereocenters. The second-order valence-corrected chi connectivity index (χ2v) is 18.7. The molecule has 0 rings (SSSR count). The van der Waals surface area contributed by atoms with Gasteiger partial charge in [0.25, 0.3) is 0 Å². The fourth-order valence-electron chi connectivity index (χ4n) is 6.76. The molecule has 0 aromatic rings. The van der Waals surface area contributed by atoms with Crippen molar-refractivity contribution in [3.63, 3.8) is 0 Å². The van der Waals surface area contributed by atoms with Gasteiger partial charge in [-0.15, -0.1) is 0 Å². The molecule has 0 unspecified atom stereocenters. The largest absolute Gasteiger partial charge is 0.355 e. The average molecular weight is 758 g/mol. The highest BCUT2D eigenvalue weighted by molar-refractivity contribution is 8.76. The molecule has 0 saturated carbocycles. The minimum absolute atomic E-state index is 0.169. The zero-order valence-corrected chi connectivity index (χ0v) is 36.6. The Morgan fingerprint density at radius 2 is 0.804 bits per heavy atom. The first-order valence-electron chi connectivity index (χ1n) is 22.1. The van der Waals surface area contributed by atoms with Crippen LogP contribution in [-0.2, 0) is 9.59 Å². The number of amides is 2. The highest BCUT2D eigenvalue weighted by atomic mass is 33.1. The number of carbonyl (C=O) groups is 2. The van der Waals surface area contributed by atoms with Gasteiger partial charge in [-0.05, 0) is 45.8 Å². The summed E-state index contributed by atoms with van der Waals surface area (Å²) >= 11 is 0. The zero-order chi connectivity index (χ0) is 37.5. The van der Waals surface area contributed by atoms with Crippen molar-refractivity contribution in [3.05, 3.63) is 0 Å². The summed E-state index contributed by atoms with van der Waals surface area (Å²) in [6.07, 6.45) is 36.5. The van der Waals surface area contributed by atoms with E-state index in [1.807, 2.05) is 0 Å². The van der Waals surface area contributed by atoms with Gasteiger partial charge in [0.15, 0.2) is 0 Å². The fourth-order valence-corrected chi connectivity index (χ4v) is 8.58. The average Bonchev–Trinajstić information content (AvgIpc) is 3.10. The third kappa shape index (κ3) is 40.6. The molecule has 0 saturated heterocycles. The number of quaternary nitrogens is 1. The Morgan fingerprint density at radius 3 is 1.24 bits per heavy atom. The molecule has 0 radical (unpaired) electrons. The lowest BCUT2D eigenvalue weighted by Gasteiger charge is -2.29. The van der Waals surface area contributed by atoms with Crippen LogP contribution in [0.1, 0.15) is 194 Å². The van der Waals surface area contributed by atoms with Crippen molar-refractivity contribution in [1.29, 1.82) is 0 Å². The van der Waals surface area contributed by atoms with E-state index in [-0.39, 0.29) is 11.8 Å². The molecular weight excluding hydrogens is 669 g/mol. The number of hydrogen-bond donors (Lipinski definition) is 2. The van der Waals surface area contributed by atoms with E-state index in [0.29, 0.717) is 25.9 Å². The van der Waals surface area contributed by atoms with E-state index >= 15 is 0 Å². The normalized spacial score (nSPS) is 11.8. The summed E-state index contributed by atoms with van der Waals surface area (Å²) in [6.45, 7) is 10.4. The molecule has 2 amide bonds. The zero-order valence-electron chi connectivity index (χ0n) is 35.0. The van der Waals surface area contributed by atoms with Crippen molar-refractivity contribution >= 4 is 33.4 Å². The van der Waals surface area contributed by atoms with E-state index in [2.05, 4.69) is 50.5 Å². The van der Waals surface area contributed by atoms with Gasteiger partial charge in [0.05, 0.1) is 27.2 Å². The number of unbranched alkanes of at least 4 members (excludes halogenated alkanes) is 22. The third-order valence-corrected chi connectivity index (χ3v) is 12.6. The number of hydrogen-bond acceptors (Lipinski definition) is 5.